The molecule has 0 bridgehead atoms. The van der Waals surface area contributed by atoms with Gasteiger partial charge in [-0.3, -0.25) is 4.68 Å². The van der Waals surface area contributed by atoms with Gasteiger partial charge in [0.1, 0.15) is 5.82 Å². The molecule has 8 heteroatoms. The number of aromatic nitrogens is 2. The van der Waals surface area contributed by atoms with E-state index in [1.807, 2.05) is 0 Å². The average Bonchev–Trinajstić information content (AvgIpc) is 2.82. The van der Waals surface area contributed by atoms with Crippen LogP contribution in [0.3, 0.4) is 0 Å². The quantitative estimate of drug-likeness (QED) is 0.841. The number of hydrogen-bond donors (Lipinski definition) is 2. The third-order valence-electron chi connectivity index (χ3n) is 2.75. The molecule has 0 radical (unpaired) electrons. The van der Waals surface area contributed by atoms with Gasteiger partial charge < -0.3 is 5.73 Å². The topological polar surface area (TPSA) is 90.0 Å². The van der Waals surface area contributed by atoms with Gasteiger partial charge in [0.2, 0.25) is 10.0 Å². The van der Waals surface area contributed by atoms with Crippen LogP contribution in [-0.4, -0.2) is 18.2 Å². The first kappa shape index (κ1) is 14.6. The van der Waals surface area contributed by atoms with E-state index < -0.39 is 15.8 Å². The highest BCUT2D eigenvalue weighted by Crippen LogP contribution is 2.17. The second-order valence-electron chi connectivity index (χ2n) is 4.26. The van der Waals surface area contributed by atoms with E-state index in [1.54, 1.807) is 24.0 Å². The summed E-state index contributed by atoms with van der Waals surface area (Å²) in [6.45, 7) is 0.0454. The molecule has 2 rings (SSSR count). The van der Waals surface area contributed by atoms with Gasteiger partial charge in [-0.1, -0.05) is 6.07 Å². The summed E-state index contributed by atoms with van der Waals surface area (Å²) in [5.74, 6) is -0.625. The molecule has 1 aromatic carbocycles. The van der Waals surface area contributed by atoms with Gasteiger partial charge in [0.25, 0.3) is 0 Å². The summed E-state index contributed by atoms with van der Waals surface area (Å²) in [7, 11) is -2.10. The molecule has 0 aliphatic carbocycles. The monoisotopic (exact) mass is 298 g/mol. The molecule has 0 amide bonds. The van der Waals surface area contributed by atoms with E-state index >= 15 is 0 Å². The SMILES string of the molecule is Cn1ccc(CNS(=O)(=O)c2cc(F)ccc2CN)n1. The lowest BCUT2D eigenvalue weighted by atomic mass is 10.2. The fourth-order valence-electron chi connectivity index (χ4n) is 1.75. The van der Waals surface area contributed by atoms with Gasteiger partial charge in [-0.15, -0.1) is 0 Å². The predicted octanol–water partition coefficient (Wildman–Crippen LogP) is 0.496. The highest BCUT2D eigenvalue weighted by atomic mass is 32.2. The zero-order valence-electron chi connectivity index (χ0n) is 10.9. The summed E-state index contributed by atoms with van der Waals surface area (Å²) in [5.41, 5.74) is 6.41. The molecule has 2 aromatic rings. The van der Waals surface area contributed by atoms with Crippen LogP contribution in [0, 0.1) is 5.82 Å². The molecule has 108 valence electrons. The molecule has 0 saturated carbocycles. The van der Waals surface area contributed by atoms with Crippen molar-refractivity contribution >= 4 is 10.0 Å². The molecule has 0 aliphatic heterocycles. The Morgan fingerprint density at radius 1 is 1.40 bits per heavy atom. The van der Waals surface area contributed by atoms with Crippen LogP contribution in [0.1, 0.15) is 11.3 Å². The number of nitrogens with zero attached hydrogens (tertiary/aromatic N) is 2. The molecule has 0 unspecified atom stereocenters. The van der Waals surface area contributed by atoms with Gasteiger partial charge in [0, 0.05) is 19.8 Å². The molecule has 0 fully saturated rings. The molecule has 0 spiro atoms. The lowest BCUT2D eigenvalue weighted by Gasteiger charge is -2.09. The zero-order chi connectivity index (χ0) is 14.8. The number of sulfonamides is 1. The number of nitrogens with two attached hydrogens (primary N) is 1. The molecule has 1 heterocycles. The molecule has 20 heavy (non-hydrogen) atoms. The number of hydrogen-bond acceptors (Lipinski definition) is 4. The third-order valence-corrected chi connectivity index (χ3v) is 4.23. The summed E-state index contributed by atoms with van der Waals surface area (Å²) >= 11 is 0. The number of aryl methyl sites for hydroxylation is 1. The van der Waals surface area contributed by atoms with Crippen molar-refractivity contribution in [2.24, 2.45) is 12.8 Å². The fraction of sp³-hybridized carbons (Fsp3) is 0.250. The smallest absolute Gasteiger partial charge is 0.241 e. The highest BCUT2D eigenvalue weighted by Gasteiger charge is 2.19. The first-order valence-electron chi connectivity index (χ1n) is 5.89. The Morgan fingerprint density at radius 3 is 2.75 bits per heavy atom. The summed E-state index contributed by atoms with van der Waals surface area (Å²) in [5, 5.41) is 4.06. The van der Waals surface area contributed by atoms with Crippen LogP contribution in [0.4, 0.5) is 4.39 Å². The molecule has 0 atom stereocenters. The summed E-state index contributed by atoms with van der Waals surface area (Å²) < 4.78 is 41.5. The fourth-order valence-corrected chi connectivity index (χ4v) is 3.01. The van der Waals surface area contributed by atoms with Crippen LogP contribution in [-0.2, 0) is 30.2 Å². The normalized spacial score (nSPS) is 11.8. The standard InChI is InChI=1S/C12H15FN4O2S/c1-17-5-4-11(16-17)8-15-20(18,19)12-6-10(13)3-2-9(12)7-14/h2-6,15H,7-8,14H2,1H3. The van der Waals surface area contributed by atoms with Crippen molar-refractivity contribution in [2.75, 3.05) is 0 Å². The molecule has 0 saturated heterocycles. The lowest BCUT2D eigenvalue weighted by molar-refractivity contribution is 0.574. The number of rotatable bonds is 5. The van der Waals surface area contributed by atoms with Crippen molar-refractivity contribution in [3.63, 3.8) is 0 Å². The van der Waals surface area contributed by atoms with Crippen LogP contribution in [0.15, 0.2) is 35.4 Å². The van der Waals surface area contributed by atoms with E-state index in [4.69, 9.17) is 5.73 Å². The van der Waals surface area contributed by atoms with E-state index in [0.29, 0.717) is 11.3 Å². The summed E-state index contributed by atoms with van der Waals surface area (Å²) in [6.07, 6.45) is 1.71. The Kier molecular flexibility index (Phi) is 4.17. The second kappa shape index (κ2) is 5.70. The molecule has 1 aromatic heterocycles. The van der Waals surface area contributed by atoms with Crippen molar-refractivity contribution in [1.82, 2.24) is 14.5 Å². The van der Waals surface area contributed by atoms with E-state index in [9.17, 15) is 12.8 Å². The molecule has 3 N–H and O–H groups in total. The third kappa shape index (κ3) is 3.21. The van der Waals surface area contributed by atoms with E-state index in [-0.39, 0.29) is 18.0 Å². The molecule has 6 nitrogen and oxygen atoms in total. The van der Waals surface area contributed by atoms with Gasteiger partial charge in [-0.25, -0.2) is 17.5 Å². The molecule has 0 aliphatic rings. The predicted molar refractivity (Wildman–Crippen MR) is 71.5 cm³/mol. The zero-order valence-corrected chi connectivity index (χ0v) is 11.7. The Hall–Kier alpha value is -1.77. The number of nitrogens with one attached hydrogen (secondary N) is 1. The summed E-state index contributed by atoms with van der Waals surface area (Å²) in [6, 6.07) is 5.20. The summed E-state index contributed by atoms with van der Waals surface area (Å²) in [4.78, 5) is -0.143. The minimum absolute atomic E-state index is 0.0140. The largest absolute Gasteiger partial charge is 0.326 e. The second-order valence-corrected chi connectivity index (χ2v) is 6.00. The Morgan fingerprint density at radius 2 is 2.15 bits per heavy atom. The van der Waals surface area contributed by atoms with Gasteiger partial charge in [0.15, 0.2) is 0 Å². The van der Waals surface area contributed by atoms with Crippen LogP contribution in [0.2, 0.25) is 0 Å². The van der Waals surface area contributed by atoms with Gasteiger partial charge in [0.05, 0.1) is 17.1 Å². The lowest BCUT2D eigenvalue weighted by Crippen LogP contribution is -2.25. The minimum atomic E-state index is -3.83. The number of benzene rings is 1. The van der Waals surface area contributed by atoms with Crippen molar-refractivity contribution in [3.8, 4) is 0 Å². The van der Waals surface area contributed by atoms with E-state index in [1.165, 1.54) is 12.1 Å². The average molecular weight is 298 g/mol. The maximum atomic E-state index is 13.2. The van der Waals surface area contributed by atoms with E-state index in [0.717, 1.165) is 6.07 Å². The van der Waals surface area contributed by atoms with Crippen molar-refractivity contribution in [1.29, 1.82) is 0 Å². The first-order valence-corrected chi connectivity index (χ1v) is 7.37. The molecular formula is C12H15FN4O2S. The van der Waals surface area contributed by atoms with Gasteiger partial charge in [-0.05, 0) is 23.8 Å². The Bertz CT molecular complexity index is 712. The van der Waals surface area contributed by atoms with Gasteiger partial charge in [-0.2, -0.15) is 5.10 Å². The van der Waals surface area contributed by atoms with Crippen LogP contribution in [0.25, 0.3) is 0 Å². The minimum Gasteiger partial charge on any atom is -0.326 e. The van der Waals surface area contributed by atoms with Crippen molar-refractivity contribution < 1.29 is 12.8 Å². The maximum absolute atomic E-state index is 13.2. The van der Waals surface area contributed by atoms with Crippen LogP contribution >= 0.6 is 0 Å². The first-order chi connectivity index (χ1) is 9.42. The van der Waals surface area contributed by atoms with Crippen LogP contribution < -0.4 is 10.5 Å². The molecular weight excluding hydrogens is 283 g/mol. The number of halogens is 1. The van der Waals surface area contributed by atoms with E-state index in [2.05, 4.69) is 9.82 Å². The maximum Gasteiger partial charge on any atom is 0.241 e. The highest BCUT2D eigenvalue weighted by molar-refractivity contribution is 7.89. The Labute approximate surface area is 116 Å². The van der Waals surface area contributed by atoms with Crippen molar-refractivity contribution in [3.05, 3.63) is 47.5 Å². The van der Waals surface area contributed by atoms with Crippen molar-refractivity contribution in [2.45, 2.75) is 18.0 Å². The van der Waals surface area contributed by atoms with Gasteiger partial charge >= 0.3 is 0 Å². The van der Waals surface area contributed by atoms with Crippen LogP contribution in [0.5, 0.6) is 0 Å². The Balaban J connectivity index is 2.24.